The van der Waals surface area contributed by atoms with Crippen molar-refractivity contribution in [2.45, 2.75) is 6.92 Å². The average molecular weight is 354 g/mol. The predicted octanol–water partition coefficient (Wildman–Crippen LogP) is 6.95. The third kappa shape index (κ3) is 3.00. The number of Topliss-reactive ketones (excluding diaryl/α,β-unsaturated/α-hetero) is 1. The summed E-state index contributed by atoms with van der Waals surface area (Å²) in [5.74, 6) is 0.0983. The summed E-state index contributed by atoms with van der Waals surface area (Å²) in [5.41, 5.74) is 5.15. The van der Waals surface area contributed by atoms with E-state index in [1.54, 1.807) is 18.3 Å². The Kier molecular flexibility index (Phi) is 4.51. The molecular weight excluding hydrogens is 336 g/mol. The molecule has 0 unspecified atom stereocenters. The molecule has 0 amide bonds. The molecule has 3 aromatic carbocycles. The number of rotatable bonds is 4. The number of carbonyl (C=O) groups excluding carboxylic acids is 1. The fourth-order valence-electron chi connectivity index (χ4n) is 3.23. The van der Waals surface area contributed by atoms with Gasteiger partial charge in [0.15, 0.2) is 5.78 Å². The number of hydrogen-bond acceptors (Lipinski definition) is 2. The maximum Gasteiger partial charge on any atom is 0.161 e. The fraction of sp³-hybridized carbons (Fsp3) is 0.0417. The van der Waals surface area contributed by atoms with Crippen LogP contribution in [0.4, 0.5) is 0 Å². The van der Waals surface area contributed by atoms with E-state index >= 15 is 0 Å². The first-order chi connectivity index (χ1) is 12.8. The van der Waals surface area contributed by atoms with Gasteiger partial charge in [0.05, 0.1) is 0 Å². The van der Waals surface area contributed by atoms with Crippen LogP contribution in [0, 0.1) is 0 Å². The molecule has 2 heteroatoms. The molecule has 0 aliphatic rings. The van der Waals surface area contributed by atoms with E-state index in [0.29, 0.717) is 0 Å². The molecule has 0 N–H and O–H groups in total. The molecule has 26 heavy (non-hydrogen) atoms. The molecule has 0 aliphatic heterocycles. The summed E-state index contributed by atoms with van der Waals surface area (Å²) in [6.45, 7) is 1.66. The van der Waals surface area contributed by atoms with Gasteiger partial charge in [0.25, 0.3) is 0 Å². The number of benzene rings is 3. The monoisotopic (exact) mass is 354 g/mol. The van der Waals surface area contributed by atoms with Gasteiger partial charge in [-0.05, 0) is 23.6 Å². The summed E-state index contributed by atoms with van der Waals surface area (Å²) < 4.78 is 0. The van der Waals surface area contributed by atoms with Crippen molar-refractivity contribution in [1.82, 2.24) is 0 Å². The van der Waals surface area contributed by atoms with Crippen molar-refractivity contribution < 1.29 is 4.79 Å². The molecule has 0 bridgehead atoms. The van der Waals surface area contributed by atoms with E-state index in [4.69, 9.17) is 0 Å². The highest BCUT2D eigenvalue weighted by Gasteiger charge is 2.24. The van der Waals surface area contributed by atoms with Crippen LogP contribution in [0.15, 0.2) is 91.0 Å². The second-order valence-corrected chi connectivity index (χ2v) is 7.19. The second-order valence-electron chi connectivity index (χ2n) is 6.16. The van der Waals surface area contributed by atoms with E-state index in [2.05, 4.69) is 36.4 Å². The molecule has 0 radical (unpaired) electrons. The Morgan fingerprint density at radius 1 is 0.615 bits per heavy atom. The minimum atomic E-state index is 0.0983. The van der Waals surface area contributed by atoms with Gasteiger partial charge in [-0.1, -0.05) is 91.0 Å². The van der Waals surface area contributed by atoms with E-state index in [0.717, 1.165) is 37.6 Å². The van der Waals surface area contributed by atoms with Crippen LogP contribution in [0.3, 0.4) is 0 Å². The standard InChI is InChI=1S/C24H18OS/c1-17(25)21-22(18-11-5-2-6-12-18)24(20-15-9-4-10-16-20)26-23(21)19-13-7-3-8-14-19/h2-16H,1H3. The van der Waals surface area contributed by atoms with Crippen molar-refractivity contribution in [3.8, 4) is 32.0 Å². The third-order valence-electron chi connectivity index (χ3n) is 4.39. The Labute approximate surface area is 157 Å². The first-order valence-electron chi connectivity index (χ1n) is 8.59. The van der Waals surface area contributed by atoms with Gasteiger partial charge in [-0.15, -0.1) is 11.3 Å². The van der Waals surface area contributed by atoms with Gasteiger partial charge >= 0.3 is 0 Å². The summed E-state index contributed by atoms with van der Waals surface area (Å²) in [4.78, 5) is 14.9. The Morgan fingerprint density at radius 2 is 1.04 bits per heavy atom. The van der Waals surface area contributed by atoms with Crippen LogP contribution in [0.25, 0.3) is 32.0 Å². The van der Waals surface area contributed by atoms with Gasteiger partial charge in [0, 0.05) is 20.9 Å². The smallest absolute Gasteiger partial charge is 0.161 e. The minimum Gasteiger partial charge on any atom is -0.294 e. The Morgan fingerprint density at radius 3 is 1.50 bits per heavy atom. The van der Waals surface area contributed by atoms with Gasteiger partial charge in [-0.2, -0.15) is 0 Å². The lowest BCUT2D eigenvalue weighted by atomic mass is 9.94. The highest BCUT2D eigenvalue weighted by molar-refractivity contribution is 7.20. The van der Waals surface area contributed by atoms with Crippen molar-refractivity contribution in [2.24, 2.45) is 0 Å². The zero-order valence-corrected chi connectivity index (χ0v) is 15.3. The highest BCUT2D eigenvalue weighted by Crippen LogP contribution is 2.47. The molecule has 4 rings (SSSR count). The SMILES string of the molecule is CC(=O)c1c(-c2ccccc2)sc(-c2ccccc2)c1-c1ccccc1. The van der Waals surface area contributed by atoms with Crippen LogP contribution in [-0.4, -0.2) is 5.78 Å². The number of hydrogen-bond donors (Lipinski definition) is 0. The molecule has 1 nitrogen and oxygen atoms in total. The predicted molar refractivity (Wildman–Crippen MR) is 111 cm³/mol. The minimum absolute atomic E-state index is 0.0983. The van der Waals surface area contributed by atoms with Gasteiger partial charge in [0.2, 0.25) is 0 Å². The van der Waals surface area contributed by atoms with Crippen LogP contribution in [0.1, 0.15) is 17.3 Å². The molecule has 0 atom stereocenters. The van der Waals surface area contributed by atoms with Crippen LogP contribution < -0.4 is 0 Å². The zero-order valence-electron chi connectivity index (χ0n) is 14.5. The summed E-state index contributed by atoms with van der Waals surface area (Å²) in [5, 5.41) is 0. The van der Waals surface area contributed by atoms with E-state index < -0.39 is 0 Å². The second kappa shape index (κ2) is 7.11. The van der Waals surface area contributed by atoms with Crippen molar-refractivity contribution in [3.63, 3.8) is 0 Å². The van der Waals surface area contributed by atoms with E-state index in [9.17, 15) is 4.79 Å². The third-order valence-corrected chi connectivity index (χ3v) is 5.68. The molecule has 0 spiro atoms. The summed E-state index contributed by atoms with van der Waals surface area (Å²) in [7, 11) is 0. The Hall–Kier alpha value is -2.97. The first-order valence-corrected chi connectivity index (χ1v) is 9.41. The number of thiophene rings is 1. The molecule has 0 aliphatic carbocycles. The highest BCUT2D eigenvalue weighted by atomic mass is 32.1. The van der Waals surface area contributed by atoms with Crippen LogP contribution in [-0.2, 0) is 0 Å². The zero-order chi connectivity index (χ0) is 17.9. The number of ketones is 1. The summed E-state index contributed by atoms with van der Waals surface area (Å²) in [6, 6.07) is 30.7. The molecule has 0 saturated heterocycles. The van der Waals surface area contributed by atoms with Crippen molar-refractivity contribution in [3.05, 3.63) is 96.6 Å². The van der Waals surface area contributed by atoms with Crippen LogP contribution in [0.5, 0.6) is 0 Å². The lowest BCUT2D eigenvalue weighted by Gasteiger charge is -2.07. The van der Waals surface area contributed by atoms with Crippen molar-refractivity contribution in [1.29, 1.82) is 0 Å². The maximum absolute atomic E-state index is 12.7. The maximum atomic E-state index is 12.7. The largest absolute Gasteiger partial charge is 0.294 e. The molecule has 126 valence electrons. The van der Waals surface area contributed by atoms with E-state index in [-0.39, 0.29) is 5.78 Å². The molecule has 1 aromatic heterocycles. The number of carbonyl (C=O) groups is 1. The molecule has 0 saturated carbocycles. The van der Waals surface area contributed by atoms with Crippen LogP contribution >= 0.6 is 11.3 Å². The molecule has 0 fully saturated rings. The Bertz CT molecular complexity index is 1030. The molecular formula is C24H18OS. The summed E-state index contributed by atoms with van der Waals surface area (Å²) >= 11 is 1.69. The van der Waals surface area contributed by atoms with Crippen molar-refractivity contribution >= 4 is 17.1 Å². The van der Waals surface area contributed by atoms with Crippen LogP contribution in [0.2, 0.25) is 0 Å². The normalized spacial score (nSPS) is 10.7. The quantitative estimate of drug-likeness (QED) is 0.362. The van der Waals surface area contributed by atoms with Gasteiger partial charge < -0.3 is 0 Å². The lowest BCUT2D eigenvalue weighted by Crippen LogP contribution is -1.96. The van der Waals surface area contributed by atoms with Crippen molar-refractivity contribution in [2.75, 3.05) is 0 Å². The van der Waals surface area contributed by atoms with Gasteiger partial charge in [-0.3, -0.25) is 4.79 Å². The lowest BCUT2D eigenvalue weighted by molar-refractivity contribution is 0.101. The van der Waals surface area contributed by atoms with E-state index in [1.807, 2.05) is 54.6 Å². The van der Waals surface area contributed by atoms with E-state index in [1.165, 1.54) is 0 Å². The topological polar surface area (TPSA) is 17.1 Å². The first kappa shape index (κ1) is 16.5. The fourth-order valence-corrected chi connectivity index (χ4v) is 4.61. The summed E-state index contributed by atoms with van der Waals surface area (Å²) in [6.07, 6.45) is 0. The van der Waals surface area contributed by atoms with Gasteiger partial charge in [0.1, 0.15) is 0 Å². The Balaban J connectivity index is 2.07. The molecule has 4 aromatic rings. The average Bonchev–Trinajstić information content (AvgIpc) is 3.11. The molecule has 1 heterocycles. The van der Waals surface area contributed by atoms with Gasteiger partial charge in [-0.25, -0.2) is 0 Å².